The number of piperidine rings is 1. The first-order valence-corrected chi connectivity index (χ1v) is 11.5. The first-order valence-electron chi connectivity index (χ1n) is 10.8. The molecule has 5 nitrogen and oxygen atoms in total. The first kappa shape index (κ1) is 23.3. The Morgan fingerprint density at radius 2 is 1.91 bits per heavy atom. The summed E-state index contributed by atoms with van der Waals surface area (Å²) in [6.45, 7) is 1.28. The third kappa shape index (κ3) is 5.20. The molecule has 4 rings (SSSR count). The molecular formula is C24H26Cl2FNO4. The summed E-state index contributed by atoms with van der Waals surface area (Å²) in [6, 6.07) is 7.89. The molecule has 0 amide bonds. The van der Waals surface area contributed by atoms with E-state index in [1.807, 2.05) is 12.1 Å². The number of hydrogen-bond donors (Lipinski definition) is 1. The highest BCUT2D eigenvalue weighted by Crippen LogP contribution is 2.45. The van der Waals surface area contributed by atoms with Gasteiger partial charge in [-0.3, -0.25) is 4.90 Å². The van der Waals surface area contributed by atoms with Crippen LogP contribution in [0, 0.1) is 5.82 Å². The highest BCUT2D eigenvalue weighted by Gasteiger charge is 2.32. The van der Waals surface area contributed by atoms with Gasteiger partial charge in [0.15, 0.2) is 0 Å². The molecule has 1 heterocycles. The molecule has 1 aliphatic carbocycles. The molecule has 1 saturated heterocycles. The summed E-state index contributed by atoms with van der Waals surface area (Å²) >= 11 is 12.3. The maximum absolute atomic E-state index is 14.6. The molecule has 1 aliphatic heterocycles. The van der Waals surface area contributed by atoms with E-state index in [1.54, 1.807) is 12.1 Å². The minimum absolute atomic E-state index is 0.0646. The average Bonchev–Trinajstić information content (AvgIpc) is 3.59. The minimum atomic E-state index is -0.689. The zero-order valence-corrected chi connectivity index (χ0v) is 19.3. The van der Waals surface area contributed by atoms with Crippen molar-refractivity contribution < 1.29 is 23.8 Å². The van der Waals surface area contributed by atoms with Gasteiger partial charge in [0.2, 0.25) is 0 Å². The van der Waals surface area contributed by atoms with Crippen LogP contribution in [0.4, 0.5) is 4.39 Å². The van der Waals surface area contributed by atoms with E-state index in [0.29, 0.717) is 22.3 Å². The number of esters is 1. The number of aliphatic hydroxyl groups excluding tert-OH is 1. The number of halogens is 3. The average molecular weight is 482 g/mol. The summed E-state index contributed by atoms with van der Waals surface area (Å²) in [6.07, 6.45) is 3.49. The van der Waals surface area contributed by atoms with Crippen LogP contribution >= 0.6 is 23.2 Å². The molecular weight excluding hydrogens is 456 g/mol. The molecule has 1 N–H and O–H groups in total. The van der Waals surface area contributed by atoms with E-state index >= 15 is 0 Å². The molecule has 2 aromatic carbocycles. The van der Waals surface area contributed by atoms with Gasteiger partial charge in [-0.15, -0.1) is 0 Å². The number of carbonyl (C=O) groups excluding carboxylic acids is 1. The Kier molecular flexibility index (Phi) is 7.25. The van der Waals surface area contributed by atoms with Gasteiger partial charge in [0.25, 0.3) is 0 Å². The van der Waals surface area contributed by atoms with Gasteiger partial charge in [0.05, 0.1) is 25.3 Å². The molecule has 172 valence electrons. The van der Waals surface area contributed by atoms with Gasteiger partial charge >= 0.3 is 5.97 Å². The lowest BCUT2D eigenvalue weighted by Gasteiger charge is -2.38. The van der Waals surface area contributed by atoms with Crippen LogP contribution in [0.1, 0.15) is 59.1 Å². The fraction of sp³-hybridized carbons (Fsp3) is 0.458. The lowest BCUT2D eigenvalue weighted by Crippen LogP contribution is -2.44. The third-order valence-electron chi connectivity index (χ3n) is 6.11. The molecule has 2 aliphatic rings. The van der Waals surface area contributed by atoms with Crippen molar-refractivity contribution in [1.82, 2.24) is 4.90 Å². The van der Waals surface area contributed by atoms with Crippen molar-refractivity contribution in [2.45, 2.75) is 43.7 Å². The molecule has 1 saturated carbocycles. The van der Waals surface area contributed by atoms with Gasteiger partial charge in [-0.25, -0.2) is 9.18 Å². The SMILES string of the molecule is COC(=O)c1cc(C2CC2)c(OC2CCCN([C@H](CO)c3cc(Cl)cc(Cl)c3)C2)cc1F. The molecule has 8 heteroatoms. The van der Waals surface area contributed by atoms with Crippen molar-refractivity contribution in [3.05, 3.63) is 62.9 Å². The van der Waals surface area contributed by atoms with Crippen LogP contribution in [0.5, 0.6) is 5.75 Å². The molecule has 32 heavy (non-hydrogen) atoms. The topological polar surface area (TPSA) is 59.0 Å². The Bertz CT molecular complexity index is 978. The number of hydrogen-bond acceptors (Lipinski definition) is 5. The summed E-state index contributed by atoms with van der Waals surface area (Å²) in [5, 5.41) is 11.1. The standard InChI is InChI=1S/C24H26Cl2FNO4/c1-31-24(30)20-10-19(14-4-5-14)23(11-21(20)27)32-18-3-2-6-28(12-18)22(13-29)15-7-16(25)9-17(26)8-15/h7-11,14,18,22,29H,2-6,12-13H2,1H3/t18?,22-/m1/s1. The second-order valence-corrected chi connectivity index (χ2v) is 9.29. The molecule has 2 fully saturated rings. The molecule has 0 bridgehead atoms. The Hall–Kier alpha value is -1.86. The maximum atomic E-state index is 14.6. The molecule has 0 aromatic heterocycles. The number of carbonyl (C=O) groups is 1. The van der Waals surface area contributed by atoms with Crippen LogP contribution < -0.4 is 4.74 Å². The van der Waals surface area contributed by atoms with E-state index in [9.17, 15) is 14.3 Å². The zero-order chi connectivity index (χ0) is 22.8. The maximum Gasteiger partial charge on any atom is 0.340 e. The van der Waals surface area contributed by atoms with Crippen LogP contribution in [0.2, 0.25) is 10.0 Å². The van der Waals surface area contributed by atoms with Crippen molar-refractivity contribution in [1.29, 1.82) is 0 Å². The quantitative estimate of drug-likeness (QED) is 0.538. The summed E-state index contributed by atoms with van der Waals surface area (Å²) in [5.74, 6) is -0.583. The van der Waals surface area contributed by atoms with Gasteiger partial charge in [-0.05, 0) is 73.5 Å². The van der Waals surface area contributed by atoms with Crippen LogP contribution in [-0.2, 0) is 4.74 Å². The number of methoxy groups -OCH3 is 1. The summed E-state index contributed by atoms with van der Waals surface area (Å²) in [7, 11) is 1.24. The van der Waals surface area contributed by atoms with Crippen molar-refractivity contribution >= 4 is 29.2 Å². The normalized spacial score (nSPS) is 20.1. The smallest absolute Gasteiger partial charge is 0.340 e. The monoisotopic (exact) mass is 481 g/mol. The Labute approximate surface area is 197 Å². The van der Waals surface area contributed by atoms with Gasteiger partial charge in [-0.1, -0.05) is 23.2 Å². The van der Waals surface area contributed by atoms with Gasteiger partial charge in [0, 0.05) is 22.7 Å². The first-order chi connectivity index (χ1) is 15.4. The Morgan fingerprint density at radius 1 is 1.19 bits per heavy atom. The van der Waals surface area contributed by atoms with Crippen molar-refractivity contribution in [3.63, 3.8) is 0 Å². The number of likely N-dealkylation sites (tertiary alicyclic amines) is 1. The van der Waals surface area contributed by atoms with Gasteiger partial charge in [0.1, 0.15) is 17.7 Å². The minimum Gasteiger partial charge on any atom is -0.489 e. The molecule has 0 radical (unpaired) electrons. The fourth-order valence-electron chi connectivity index (χ4n) is 4.38. The van der Waals surface area contributed by atoms with E-state index < -0.39 is 11.8 Å². The molecule has 2 atom stereocenters. The van der Waals surface area contributed by atoms with E-state index in [-0.39, 0.29) is 30.2 Å². The Morgan fingerprint density at radius 3 is 2.53 bits per heavy atom. The fourth-order valence-corrected chi connectivity index (χ4v) is 4.92. The van der Waals surface area contributed by atoms with Crippen LogP contribution in [-0.4, -0.2) is 48.9 Å². The highest BCUT2D eigenvalue weighted by atomic mass is 35.5. The largest absolute Gasteiger partial charge is 0.489 e. The van der Waals surface area contributed by atoms with Crippen molar-refractivity contribution in [3.8, 4) is 5.75 Å². The lowest BCUT2D eigenvalue weighted by atomic mass is 10.0. The third-order valence-corrected chi connectivity index (χ3v) is 6.54. The number of rotatable bonds is 7. The number of benzene rings is 2. The number of aliphatic hydroxyl groups is 1. The van der Waals surface area contributed by atoms with Crippen LogP contribution in [0.25, 0.3) is 0 Å². The van der Waals surface area contributed by atoms with E-state index in [1.165, 1.54) is 13.2 Å². The number of ether oxygens (including phenoxy) is 2. The molecule has 0 spiro atoms. The summed E-state index contributed by atoms with van der Waals surface area (Å²) < 4.78 is 25.6. The Balaban J connectivity index is 1.54. The van der Waals surface area contributed by atoms with E-state index in [2.05, 4.69) is 4.90 Å². The van der Waals surface area contributed by atoms with Crippen molar-refractivity contribution in [2.24, 2.45) is 0 Å². The van der Waals surface area contributed by atoms with Crippen molar-refractivity contribution in [2.75, 3.05) is 26.8 Å². The second kappa shape index (κ2) is 9.96. The molecule has 1 unspecified atom stereocenters. The summed E-state index contributed by atoms with van der Waals surface area (Å²) in [4.78, 5) is 14.1. The summed E-state index contributed by atoms with van der Waals surface area (Å²) in [5.41, 5.74) is 1.63. The molecule has 2 aromatic rings. The second-order valence-electron chi connectivity index (χ2n) is 8.41. The predicted molar refractivity (Wildman–Crippen MR) is 121 cm³/mol. The number of nitrogens with zero attached hydrogens (tertiary/aromatic N) is 1. The van der Waals surface area contributed by atoms with E-state index in [0.717, 1.165) is 43.4 Å². The predicted octanol–water partition coefficient (Wildman–Crippen LogP) is 5.37. The zero-order valence-electron chi connectivity index (χ0n) is 17.8. The highest BCUT2D eigenvalue weighted by molar-refractivity contribution is 6.34. The van der Waals surface area contributed by atoms with E-state index in [4.69, 9.17) is 32.7 Å². The van der Waals surface area contributed by atoms with Crippen LogP contribution in [0.3, 0.4) is 0 Å². The van der Waals surface area contributed by atoms with Gasteiger partial charge < -0.3 is 14.6 Å². The van der Waals surface area contributed by atoms with Crippen LogP contribution in [0.15, 0.2) is 30.3 Å². The lowest BCUT2D eigenvalue weighted by molar-refractivity contribution is 0.0393. The van der Waals surface area contributed by atoms with Gasteiger partial charge in [-0.2, -0.15) is 0 Å².